The van der Waals surface area contributed by atoms with Crippen LogP contribution in [0.2, 0.25) is 0 Å². The number of benzene rings is 3. The van der Waals surface area contributed by atoms with Crippen molar-refractivity contribution in [3.05, 3.63) is 83.4 Å². The van der Waals surface area contributed by atoms with Crippen molar-refractivity contribution >= 4 is 39.7 Å². The monoisotopic (exact) mass is 416 g/mol. The van der Waals surface area contributed by atoms with E-state index >= 15 is 0 Å². The Morgan fingerprint density at radius 3 is 2.67 bits per heavy atom. The minimum absolute atomic E-state index is 0.0333. The molecule has 6 heteroatoms. The zero-order chi connectivity index (χ0) is 20.9. The zero-order valence-corrected chi connectivity index (χ0v) is 17.2. The summed E-state index contributed by atoms with van der Waals surface area (Å²) in [5, 5.41) is 7.57. The summed E-state index contributed by atoms with van der Waals surface area (Å²) in [5.41, 5.74) is 3.48. The smallest absolute Gasteiger partial charge is 0.312 e. The molecule has 0 aliphatic rings. The van der Waals surface area contributed by atoms with E-state index in [0.717, 1.165) is 26.9 Å². The van der Waals surface area contributed by atoms with Crippen molar-refractivity contribution in [2.45, 2.75) is 13.3 Å². The predicted molar refractivity (Wildman–Crippen MR) is 120 cm³/mol. The van der Waals surface area contributed by atoms with Crippen LogP contribution in [0.25, 0.3) is 21.3 Å². The highest BCUT2D eigenvalue weighted by atomic mass is 32.1. The van der Waals surface area contributed by atoms with E-state index in [-0.39, 0.29) is 18.9 Å². The van der Waals surface area contributed by atoms with E-state index in [1.807, 2.05) is 73.0 Å². The number of rotatable bonds is 6. The maximum absolute atomic E-state index is 12.1. The lowest BCUT2D eigenvalue weighted by Crippen LogP contribution is -2.21. The number of hydrogen-bond donors (Lipinski definition) is 1. The molecule has 1 N–H and O–H groups in total. The Labute approximate surface area is 178 Å². The van der Waals surface area contributed by atoms with Crippen LogP contribution in [0.15, 0.2) is 72.1 Å². The molecule has 0 spiro atoms. The van der Waals surface area contributed by atoms with Gasteiger partial charge in [-0.05, 0) is 35.9 Å². The summed E-state index contributed by atoms with van der Waals surface area (Å²) >= 11 is 1.48. The largest absolute Gasteiger partial charge is 0.455 e. The van der Waals surface area contributed by atoms with E-state index in [1.54, 1.807) is 0 Å². The van der Waals surface area contributed by atoms with Crippen molar-refractivity contribution < 1.29 is 14.3 Å². The summed E-state index contributed by atoms with van der Waals surface area (Å²) < 4.78 is 5.12. The third-order valence-corrected chi connectivity index (χ3v) is 5.48. The number of carbonyl (C=O) groups is 2. The maximum atomic E-state index is 12.1. The molecule has 0 atom stereocenters. The number of anilines is 1. The van der Waals surface area contributed by atoms with Crippen LogP contribution in [0.4, 0.5) is 5.69 Å². The van der Waals surface area contributed by atoms with Gasteiger partial charge in [-0.2, -0.15) is 0 Å². The molecule has 30 heavy (non-hydrogen) atoms. The number of aryl methyl sites for hydroxylation is 1. The van der Waals surface area contributed by atoms with Gasteiger partial charge >= 0.3 is 5.97 Å². The average Bonchev–Trinajstić information content (AvgIpc) is 3.21. The number of carbonyl (C=O) groups excluding carboxylic acids is 2. The lowest BCUT2D eigenvalue weighted by molar-refractivity contribution is -0.146. The first kappa shape index (κ1) is 19.8. The molecule has 0 radical (unpaired) electrons. The molecule has 0 aliphatic carbocycles. The quantitative estimate of drug-likeness (QED) is 0.449. The van der Waals surface area contributed by atoms with Gasteiger partial charge in [0.05, 0.1) is 12.1 Å². The number of hydrogen-bond acceptors (Lipinski definition) is 5. The molecule has 5 nitrogen and oxygen atoms in total. The van der Waals surface area contributed by atoms with Crippen molar-refractivity contribution in [3.63, 3.8) is 0 Å². The summed E-state index contributed by atoms with van der Waals surface area (Å²) in [7, 11) is 0. The van der Waals surface area contributed by atoms with Gasteiger partial charge in [-0.25, -0.2) is 4.98 Å². The first-order chi connectivity index (χ1) is 14.6. The van der Waals surface area contributed by atoms with Gasteiger partial charge in [-0.3, -0.25) is 9.59 Å². The molecule has 4 rings (SSSR count). The van der Waals surface area contributed by atoms with Crippen molar-refractivity contribution in [2.75, 3.05) is 11.9 Å². The van der Waals surface area contributed by atoms with Crippen LogP contribution in [0.3, 0.4) is 0 Å². The van der Waals surface area contributed by atoms with Gasteiger partial charge in [0, 0.05) is 16.6 Å². The van der Waals surface area contributed by atoms with Crippen LogP contribution in [-0.4, -0.2) is 23.5 Å². The summed E-state index contributed by atoms with van der Waals surface area (Å²) in [6, 6.07) is 21.6. The average molecular weight is 417 g/mol. The number of fused-ring (bicyclic) bond motifs is 1. The van der Waals surface area contributed by atoms with E-state index in [9.17, 15) is 9.59 Å². The van der Waals surface area contributed by atoms with Crippen LogP contribution in [0.1, 0.15) is 11.3 Å². The second-order valence-corrected chi connectivity index (χ2v) is 7.82. The normalized spacial score (nSPS) is 10.7. The fraction of sp³-hybridized carbons (Fsp3) is 0.125. The van der Waals surface area contributed by atoms with Gasteiger partial charge in [0.15, 0.2) is 6.61 Å². The molecule has 0 saturated carbocycles. The topological polar surface area (TPSA) is 68.3 Å². The molecular formula is C24H20N2O3S. The Bertz CT molecular complexity index is 1220. The number of amides is 1. The van der Waals surface area contributed by atoms with Gasteiger partial charge in [-0.15, -0.1) is 11.3 Å². The molecule has 0 unspecified atom stereocenters. The Hall–Kier alpha value is -3.51. The summed E-state index contributed by atoms with van der Waals surface area (Å²) in [6.45, 7) is 1.69. The third kappa shape index (κ3) is 4.90. The Morgan fingerprint density at radius 1 is 1.00 bits per heavy atom. The molecule has 4 aromatic rings. The summed E-state index contributed by atoms with van der Waals surface area (Å²) in [5.74, 6) is -0.859. The molecule has 3 aromatic carbocycles. The number of aromatic nitrogens is 1. The summed E-state index contributed by atoms with van der Waals surface area (Å²) in [6.07, 6.45) is 0.0333. The number of thiazole rings is 1. The van der Waals surface area contributed by atoms with Gasteiger partial charge < -0.3 is 10.1 Å². The second-order valence-electron chi connectivity index (χ2n) is 6.96. The number of esters is 1. The molecule has 0 bridgehead atoms. The molecule has 1 aromatic heterocycles. The van der Waals surface area contributed by atoms with Crippen LogP contribution >= 0.6 is 11.3 Å². The highest BCUT2D eigenvalue weighted by molar-refractivity contribution is 7.13. The first-order valence-electron chi connectivity index (χ1n) is 9.52. The third-order valence-electron chi connectivity index (χ3n) is 4.54. The summed E-state index contributed by atoms with van der Waals surface area (Å²) in [4.78, 5) is 28.7. The van der Waals surface area contributed by atoms with Crippen molar-refractivity contribution in [3.8, 4) is 10.6 Å². The van der Waals surface area contributed by atoms with Crippen molar-refractivity contribution in [1.82, 2.24) is 4.98 Å². The zero-order valence-electron chi connectivity index (χ0n) is 16.4. The molecule has 1 amide bonds. The van der Waals surface area contributed by atoms with E-state index < -0.39 is 5.97 Å². The van der Waals surface area contributed by atoms with E-state index in [2.05, 4.69) is 16.4 Å². The lowest BCUT2D eigenvalue weighted by Gasteiger charge is -2.07. The fourth-order valence-corrected chi connectivity index (χ4v) is 3.92. The number of nitrogens with one attached hydrogen (secondary N) is 1. The van der Waals surface area contributed by atoms with Gasteiger partial charge in [0.1, 0.15) is 5.01 Å². The minimum atomic E-state index is -0.482. The molecule has 0 aliphatic heterocycles. The van der Waals surface area contributed by atoms with Crippen LogP contribution in [-0.2, 0) is 20.7 Å². The Kier molecular flexibility index (Phi) is 5.86. The molecule has 150 valence electrons. The van der Waals surface area contributed by atoms with Crippen molar-refractivity contribution in [1.29, 1.82) is 0 Å². The Morgan fingerprint density at radius 2 is 1.83 bits per heavy atom. The fourth-order valence-electron chi connectivity index (χ4n) is 3.11. The van der Waals surface area contributed by atoms with E-state index in [4.69, 9.17) is 4.74 Å². The standard InChI is InChI=1S/C24H20N2O3S/c1-16-5-4-8-19(11-16)24-26-21(15-30-24)13-23(28)29-14-22(27)25-20-10-9-17-6-2-3-7-18(17)12-20/h2-12,15H,13-14H2,1H3,(H,25,27). The SMILES string of the molecule is Cc1cccc(-c2nc(CC(=O)OCC(=O)Nc3ccc4ccccc4c3)cs2)c1. The number of ether oxygens (including phenoxy) is 1. The van der Waals surface area contributed by atoms with Gasteiger partial charge in [0.2, 0.25) is 0 Å². The van der Waals surface area contributed by atoms with E-state index in [1.165, 1.54) is 11.3 Å². The molecule has 0 fully saturated rings. The molecule has 1 heterocycles. The Balaban J connectivity index is 1.29. The van der Waals surface area contributed by atoms with Crippen molar-refractivity contribution in [2.24, 2.45) is 0 Å². The molecular weight excluding hydrogens is 396 g/mol. The number of nitrogens with zero attached hydrogens (tertiary/aromatic N) is 1. The second kappa shape index (κ2) is 8.88. The van der Waals surface area contributed by atoms with Gasteiger partial charge in [-0.1, -0.05) is 54.1 Å². The minimum Gasteiger partial charge on any atom is -0.455 e. The highest BCUT2D eigenvalue weighted by Crippen LogP contribution is 2.24. The van der Waals surface area contributed by atoms with E-state index in [0.29, 0.717) is 11.4 Å². The van der Waals surface area contributed by atoms with Crippen LogP contribution in [0.5, 0.6) is 0 Å². The van der Waals surface area contributed by atoms with Gasteiger partial charge in [0.25, 0.3) is 5.91 Å². The predicted octanol–water partition coefficient (Wildman–Crippen LogP) is 5.00. The van der Waals surface area contributed by atoms with Crippen LogP contribution < -0.4 is 5.32 Å². The maximum Gasteiger partial charge on any atom is 0.312 e. The van der Waals surface area contributed by atoms with Crippen LogP contribution in [0, 0.1) is 6.92 Å². The first-order valence-corrected chi connectivity index (χ1v) is 10.4. The highest BCUT2D eigenvalue weighted by Gasteiger charge is 2.12. The molecule has 0 saturated heterocycles. The lowest BCUT2D eigenvalue weighted by atomic mass is 10.1.